The summed E-state index contributed by atoms with van der Waals surface area (Å²) in [6.45, 7) is 2.23. The summed E-state index contributed by atoms with van der Waals surface area (Å²) < 4.78 is 16.4. The molecule has 29 heavy (non-hydrogen) atoms. The van der Waals surface area contributed by atoms with E-state index in [0.29, 0.717) is 50.6 Å². The van der Waals surface area contributed by atoms with Crippen molar-refractivity contribution in [3.63, 3.8) is 0 Å². The highest BCUT2D eigenvalue weighted by Gasteiger charge is 2.20. The second-order valence-corrected chi connectivity index (χ2v) is 7.22. The topological polar surface area (TPSA) is 93.9 Å². The molecule has 1 N–H and O–H groups in total. The van der Waals surface area contributed by atoms with Crippen molar-refractivity contribution in [1.29, 1.82) is 0 Å². The Labute approximate surface area is 178 Å². The van der Waals surface area contributed by atoms with Crippen molar-refractivity contribution in [1.82, 2.24) is 15.2 Å². The van der Waals surface area contributed by atoms with E-state index >= 15 is 0 Å². The van der Waals surface area contributed by atoms with Crippen LogP contribution in [0, 0.1) is 0 Å². The van der Waals surface area contributed by atoms with Crippen LogP contribution in [0.15, 0.2) is 39.4 Å². The van der Waals surface area contributed by atoms with Gasteiger partial charge in [0.1, 0.15) is 6.26 Å². The molecular formula is C20H26BrN3O5. The molecule has 0 unspecified atom stereocenters. The maximum Gasteiger partial charge on any atom is 0.273 e. The van der Waals surface area contributed by atoms with Crippen LogP contribution in [0.25, 0.3) is 0 Å². The molecule has 8 nitrogen and oxygen atoms in total. The third kappa shape index (κ3) is 7.60. The number of benzene rings is 1. The number of hydrogen-bond donors (Lipinski definition) is 1. The van der Waals surface area contributed by atoms with Gasteiger partial charge < -0.3 is 24.1 Å². The van der Waals surface area contributed by atoms with E-state index in [4.69, 9.17) is 13.9 Å². The molecule has 1 aromatic carbocycles. The summed E-state index contributed by atoms with van der Waals surface area (Å²) in [5.41, 5.74) is 0.749. The summed E-state index contributed by atoms with van der Waals surface area (Å²) >= 11 is 3.37. The molecule has 2 rings (SSSR count). The molecule has 9 heteroatoms. The Morgan fingerprint density at radius 1 is 1.14 bits per heavy atom. The van der Waals surface area contributed by atoms with Crippen LogP contribution in [-0.4, -0.2) is 62.2 Å². The molecule has 0 aliphatic rings. The van der Waals surface area contributed by atoms with Gasteiger partial charge in [0.05, 0.1) is 6.54 Å². The van der Waals surface area contributed by atoms with Crippen LogP contribution in [0.1, 0.15) is 39.6 Å². The molecule has 0 atom stereocenters. The average Bonchev–Trinajstić information content (AvgIpc) is 3.19. The van der Waals surface area contributed by atoms with Crippen LogP contribution in [0.3, 0.4) is 0 Å². The lowest BCUT2D eigenvalue weighted by Gasteiger charge is -2.21. The van der Waals surface area contributed by atoms with E-state index in [2.05, 4.69) is 26.2 Å². The number of carbonyl (C=O) groups is 2. The summed E-state index contributed by atoms with van der Waals surface area (Å²) in [5.74, 6) is -0.159. The maximum atomic E-state index is 12.9. The molecule has 1 aromatic heterocycles. The molecule has 158 valence electrons. The molecular weight excluding hydrogens is 442 g/mol. The number of carbonyl (C=O) groups excluding carboxylic acids is 2. The second-order valence-electron chi connectivity index (χ2n) is 6.31. The molecule has 0 saturated heterocycles. The number of methoxy groups -OCH3 is 2. The number of aromatic nitrogens is 1. The normalized spacial score (nSPS) is 10.7. The predicted molar refractivity (Wildman–Crippen MR) is 111 cm³/mol. The van der Waals surface area contributed by atoms with E-state index in [1.165, 1.54) is 6.26 Å². The van der Waals surface area contributed by atoms with E-state index in [9.17, 15) is 9.59 Å². The zero-order valence-corrected chi connectivity index (χ0v) is 18.2. The van der Waals surface area contributed by atoms with Crippen LogP contribution in [0.5, 0.6) is 0 Å². The average molecular weight is 468 g/mol. The van der Waals surface area contributed by atoms with Crippen LogP contribution < -0.4 is 5.32 Å². The molecule has 2 amide bonds. The fourth-order valence-corrected chi connectivity index (χ4v) is 2.85. The lowest BCUT2D eigenvalue weighted by Crippen LogP contribution is -2.32. The SMILES string of the molecule is COCCCNC(=O)c1coc(CN(CCCOC)C(=O)c2ccc(Br)cc2)n1. The van der Waals surface area contributed by atoms with Crippen molar-refractivity contribution in [3.05, 3.63) is 52.1 Å². The molecule has 1 heterocycles. The summed E-state index contributed by atoms with van der Waals surface area (Å²) in [6.07, 6.45) is 2.69. The minimum absolute atomic E-state index is 0.141. The zero-order chi connectivity index (χ0) is 21.1. The summed E-state index contributed by atoms with van der Waals surface area (Å²) in [7, 11) is 3.23. The molecule has 0 aliphatic heterocycles. The zero-order valence-electron chi connectivity index (χ0n) is 16.7. The van der Waals surface area contributed by atoms with Gasteiger partial charge in [-0.3, -0.25) is 9.59 Å². The lowest BCUT2D eigenvalue weighted by molar-refractivity contribution is 0.0708. The number of halogens is 1. The van der Waals surface area contributed by atoms with Gasteiger partial charge in [-0.25, -0.2) is 4.98 Å². The number of hydrogen-bond acceptors (Lipinski definition) is 6. The summed E-state index contributed by atoms with van der Waals surface area (Å²) in [5, 5.41) is 2.75. The Hall–Kier alpha value is -2.23. The minimum atomic E-state index is -0.318. The van der Waals surface area contributed by atoms with E-state index in [1.54, 1.807) is 31.3 Å². The highest BCUT2D eigenvalue weighted by Crippen LogP contribution is 2.15. The summed E-state index contributed by atoms with van der Waals surface area (Å²) in [4.78, 5) is 30.9. The second kappa shape index (κ2) is 12.4. The third-order valence-electron chi connectivity index (χ3n) is 4.08. The van der Waals surface area contributed by atoms with Gasteiger partial charge in [0.2, 0.25) is 5.89 Å². The van der Waals surface area contributed by atoms with Crippen LogP contribution in [-0.2, 0) is 16.0 Å². The monoisotopic (exact) mass is 467 g/mol. The van der Waals surface area contributed by atoms with Gasteiger partial charge >= 0.3 is 0 Å². The molecule has 0 saturated carbocycles. The number of nitrogens with one attached hydrogen (secondary N) is 1. The lowest BCUT2D eigenvalue weighted by atomic mass is 10.2. The van der Waals surface area contributed by atoms with Gasteiger partial charge in [0.15, 0.2) is 5.69 Å². The van der Waals surface area contributed by atoms with Crippen molar-refractivity contribution in [3.8, 4) is 0 Å². The van der Waals surface area contributed by atoms with E-state index in [0.717, 1.165) is 4.47 Å². The Bertz CT molecular complexity index is 779. The highest BCUT2D eigenvalue weighted by molar-refractivity contribution is 9.10. The highest BCUT2D eigenvalue weighted by atomic mass is 79.9. The fourth-order valence-electron chi connectivity index (χ4n) is 2.59. The fraction of sp³-hybridized carbons (Fsp3) is 0.450. The van der Waals surface area contributed by atoms with E-state index < -0.39 is 0 Å². The van der Waals surface area contributed by atoms with Gasteiger partial charge in [0.25, 0.3) is 11.8 Å². The number of nitrogens with zero attached hydrogens (tertiary/aromatic N) is 2. The van der Waals surface area contributed by atoms with Gasteiger partial charge in [-0.1, -0.05) is 15.9 Å². The molecule has 0 fully saturated rings. The van der Waals surface area contributed by atoms with Crippen molar-refractivity contribution in [2.24, 2.45) is 0 Å². The van der Waals surface area contributed by atoms with Crippen molar-refractivity contribution in [2.45, 2.75) is 19.4 Å². The van der Waals surface area contributed by atoms with Gasteiger partial charge in [-0.2, -0.15) is 0 Å². The quantitative estimate of drug-likeness (QED) is 0.482. The third-order valence-corrected chi connectivity index (χ3v) is 4.60. The molecule has 2 aromatic rings. The minimum Gasteiger partial charge on any atom is -0.446 e. The van der Waals surface area contributed by atoms with Gasteiger partial charge in [-0.15, -0.1) is 0 Å². The van der Waals surface area contributed by atoms with Gasteiger partial charge in [-0.05, 0) is 37.1 Å². The van der Waals surface area contributed by atoms with Crippen LogP contribution in [0.2, 0.25) is 0 Å². The Morgan fingerprint density at radius 3 is 2.52 bits per heavy atom. The number of amides is 2. The molecule has 0 aliphatic carbocycles. The van der Waals surface area contributed by atoms with Crippen molar-refractivity contribution in [2.75, 3.05) is 40.5 Å². The van der Waals surface area contributed by atoms with E-state index in [1.807, 2.05) is 12.1 Å². The largest absolute Gasteiger partial charge is 0.446 e. The van der Waals surface area contributed by atoms with Crippen LogP contribution >= 0.6 is 15.9 Å². The number of oxazole rings is 1. The molecule has 0 spiro atoms. The van der Waals surface area contributed by atoms with Gasteiger partial charge in [0, 0.05) is 50.6 Å². The Kier molecular flexibility index (Phi) is 9.82. The van der Waals surface area contributed by atoms with Crippen molar-refractivity contribution >= 4 is 27.7 Å². The van der Waals surface area contributed by atoms with Crippen molar-refractivity contribution < 1.29 is 23.5 Å². The Balaban J connectivity index is 2.02. The first kappa shape index (κ1) is 23.1. The number of rotatable bonds is 12. The van der Waals surface area contributed by atoms with Crippen LogP contribution in [0.4, 0.5) is 0 Å². The molecule has 0 bridgehead atoms. The maximum absolute atomic E-state index is 12.9. The smallest absolute Gasteiger partial charge is 0.273 e. The summed E-state index contributed by atoms with van der Waals surface area (Å²) in [6, 6.07) is 7.14. The Morgan fingerprint density at radius 2 is 1.83 bits per heavy atom. The molecule has 0 radical (unpaired) electrons. The standard InChI is InChI=1S/C20H26BrN3O5/c1-27-11-3-9-22-19(25)17-14-29-18(23-17)13-24(10-4-12-28-2)20(26)15-5-7-16(21)8-6-15/h5-8,14H,3-4,9-13H2,1-2H3,(H,22,25). The first-order valence-corrected chi connectivity index (χ1v) is 10.1. The first-order chi connectivity index (χ1) is 14.0. The first-order valence-electron chi connectivity index (χ1n) is 9.30. The predicted octanol–water partition coefficient (Wildman–Crippen LogP) is 2.88. The number of ether oxygens (including phenoxy) is 2. The van der Waals surface area contributed by atoms with E-state index in [-0.39, 0.29) is 24.1 Å².